The molecule has 20 nitrogen and oxygen atoms in total. The van der Waals surface area contributed by atoms with Gasteiger partial charge < -0.3 is 41.7 Å². The summed E-state index contributed by atoms with van der Waals surface area (Å²) in [7, 11) is 0. The first-order chi connectivity index (χ1) is 55.0. The van der Waals surface area contributed by atoms with E-state index < -0.39 is 23.9 Å². The molecule has 26 heteroatoms. The summed E-state index contributed by atoms with van der Waals surface area (Å²) in [4.78, 5) is 86.0. The summed E-state index contributed by atoms with van der Waals surface area (Å²) in [6.07, 6.45) is 21.3. The molecule has 0 fully saturated rings. The number of hydrogen-bond acceptors (Lipinski definition) is 20. The second-order valence-electron chi connectivity index (χ2n) is 25.8. The minimum Gasteiger partial charge on any atom is -0.481 e. The normalized spacial score (nSPS) is 10.9. The Hall–Kier alpha value is -11.0. The van der Waals surface area contributed by atoms with E-state index in [0.717, 1.165) is 181 Å². The molecule has 0 atom stereocenters. The highest BCUT2D eigenvalue weighted by molar-refractivity contribution is 9.11. The molecule has 12 rings (SSSR count). The molecule has 0 saturated heterocycles. The number of anilines is 8. The fraction of sp³-hybridized carbons (Fsp3) is 0.227. The Morgan fingerprint density at radius 3 is 1.11 bits per heavy atom. The molecule has 0 amide bonds. The SMILES string of the molecule is C=CCc1c(C)nc(-c2ccc(Br)s2)nc1Nc1ccc(C(=O)O)cc1.C=CCc1c(CC)nc(-c2ccc(Br)s2)nc1Nc1ccc(C(=O)O)cc1.CCC/C=C/c1csc(-c2nc(C)c(CC)c(Nc3ccc(CC(=O)O)cc3)n2)c1.CCC/C=C/c1csc(-c2nc(CC)c(CC)c(Nc3ccc(CC(=O)O)cc3)n2)c1. The van der Waals surface area contributed by atoms with E-state index >= 15 is 0 Å². The standard InChI is InChI=1S/C25H29N3O2S.C24H27N3O2S.C20H18BrN3O2S.C19H16BrN3O2S/c1-4-7-8-9-18-14-22(31-16-18)25-27-21(6-3)20(5-2)24(28-25)26-19-12-10-17(11-13-19)15-23(29)30;1-4-6-7-8-18-13-21(30-15-18)24-25-16(3)20(5-2)23(27-24)26-19-11-9-17(10-12-19)14-22(28)29;1-3-5-14-15(4-2)23-19(16-10-11-17(21)27-16)24-18(14)22-13-8-6-12(7-9-13)20(25)26;1-3-4-14-11(2)21-18(15-9-10-16(20)26-15)23-17(14)22-13-7-5-12(6-8-13)19(24)25/h8-14,16H,4-7,15H2,1-3H3,(H,29,30)(H,26,27,28);7-13,15H,4-6,14H2,1-3H3,(H,28,29)(H,25,26,27);3,6-11H,1,4-5H2,2H3,(H,25,26)(H,22,23,24);3,5-10H,1,4H2,2H3,(H,24,25)(H,21,22,23)/b9-8+;8-7+;;. The highest BCUT2D eigenvalue weighted by Gasteiger charge is 2.21. The second-order valence-corrected chi connectivity index (χ2v) is 32.6. The van der Waals surface area contributed by atoms with Gasteiger partial charge in [0, 0.05) is 67.8 Å². The number of aromatic carboxylic acids is 2. The van der Waals surface area contributed by atoms with Gasteiger partial charge in [-0.05, 0) is 239 Å². The maximum Gasteiger partial charge on any atom is 0.335 e. The van der Waals surface area contributed by atoms with Crippen LogP contribution in [0, 0.1) is 13.8 Å². The fourth-order valence-corrected chi connectivity index (χ4v) is 15.9. The number of carboxylic acids is 4. The molecule has 4 aromatic carbocycles. The van der Waals surface area contributed by atoms with Crippen molar-refractivity contribution in [1.82, 2.24) is 39.9 Å². The minimum atomic E-state index is -0.952. The Morgan fingerprint density at radius 1 is 0.412 bits per heavy atom. The zero-order valence-electron chi connectivity index (χ0n) is 64.6. The van der Waals surface area contributed by atoms with Crippen LogP contribution < -0.4 is 21.3 Å². The van der Waals surface area contributed by atoms with Crippen LogP contribution in [-0.2, 0) is 61.0 Å². The largest absolute Gasteiger partial charge is 0.481 e. The lowest BCUT2D eigenvalue weighted by atomic mass is 10.1. The zero-order chi connectivity index (χ0) is 81.8. The molecule has 8 heterocycles. The number of aryl methyl sites for hydroxylation is 4. The summed E-state index contributed by atoms with van der Waals surface area (Å²) in [6.45, 7) is 24.3. The summed E-state index contributed by atoms with van der Waals surface area (Å²) in [5.41, 5.74) is 15.7. The van der Waals surface area contributed by atoms with E-state index in [4.69, 9.17) is 55.3 Å². The number of nitrogens with one attached hydrogen (secondary N) is 4. The van der Waals surface area contributed by atoms with Gasteiger partial charge in [-0.3, -0.25) is 9.59 Å². The van der Waals surface area contributed by atoms with Crippen molar-refractivity contribution in [3.8, 4) is 42.8 Å². The second kappa shape index (κ2) is 43.3. The predicted molar refractivity (Wildman–Crippen MR) is 475 cm³/mol. The van der Waals surface area contributed by atoms with E-state index in [1.54, 1.807) is 93.9 Å². The number of halogens is 2. The van der Waals surface area contributed by atoms with Gasteiger partial charge in [0.2, 0.25) is 0 Å². The van der Waals surface area contributed by atoms with Gasteiger partial charge in [0.15, 0.2) is 23.3 Å². The molecule has 0 radical (unpaired) electrons. The van der Waals surface area contributed by atoms with Crippen molar-refractivity contribution in [1.29, 1.82) is 0 Å². The zero-order valence-corrected chi connectivity index (χ0v) is 71.0. The van der Waals surface area contributed by atoms with Crippen molar-refractivity contribution >= 4 is 159 Å². The summed E-state index contributed by atoms with van der Waals surface area (Å²) in [5, 5.41) is 53.7. The Labute approximate surface area is 697 Å². The maximum absolute atomic E-state index is 11.0. The molecule has 114 heavy (non-hydrogen) atoms. The fourth-order valence-electron chi connectivity index (χ4n) is 11.7. The van der Waals surface area contributed by atoms with E-state index in [-0.39, 0.29) is 24.0 Å². The molecule has 0 aliphatic heterocycles. The summed E-state index contributed by atoms with van der Waals surface area (Å²) in [6, 6.07) is 40.2. The number of aromatic nitrogens is 8. The third-order valence-electron chi connectivity index (χ3n) is 17.4. The molecule has 0 aliphatic rings. The van der Waals surface area contributed by atoms with Gasteiger partial charge in [0.05, 0.1) is 51.0 Å². The monoisotopic (exact) mass is 1730 g/mol. The molecule has 0 aliphatic carbocycles. The highest BCUT2D eigenvalue weighted by Crippen LogP contribution is 2.37. The Balaban J connectivity index is 0.000000174. The predicted octanol–water partition coefficient (Wildman–Crippen LogP) is 23.9. The van der Waals surface area contributed by atoms with E-state index in [1.165, 1.54) is 11.1 Å². The van der Waals surface area contributed by atoms with Crippen molar-refractivity contribution in [3.63, 3.8) is 0 Å². The van der Waals surface area contributed by atoms with Crippen LogP contribution in [0.3, 0.4) is 0 Å². The van der Waals surface area contributed by atoms with E-state index in [2.05, 4.69) is 160 Å². The first-order valence-corrected chi connectivity index (χ1v) is 42.2. The molecular formula is C88H90Br2N12O8S4. The number of hydrogen-bond donors (Lipinski definition) is 8. The molecular weight excluding hydrogens is 1640 g/mol. The third kappa shape index (κ3) is 25.0. The van der Waals surface area contributed by atoms with Gasteiger partial charge in [-0.15, -0.1) is 58.5 Å². The summed E-state index contributed by atoms with van der Waals surface area (Å²) < 4.78 is 2.04. The highest BCUT2D eigenvalue weighted by atomic mass is 79.9. The number of carboxylic acid groups (broad SMARTS) is 4. The van der Waals surface area contributed by atoms with Crippen LogP contribution in [0.1, 0.15) is 155 Å². The molecule has 0 bridgehead atoms. The smallest absolute Gasteiger partial charge is 0.335 e. The van der Waals surface area contributed by atoms with Crippen molar-refractivity contribution in [2.45, 2.75) is 132 Å². The molecule has 0 saturated carbocycles. The van der Waals surface area contributed by atoms with Crippen LogP contribution in [0.4, 0.5) is 46.0 Å². The van der Waals surface area contributed by atoms with E-state index in [1.807, 2.05) is 98.8 Å². The lowest BCUT2D eigenvalue weighted by molar-refractivity contribution is -0.137. The number of thiophene rings is 4. The van der Waals surface area contributed by atoms with Crippen molar-refractivity contribution in [2.75, 3.05) is 21.3 Å². The van der Waals surface area contributed by atoms with Crippen LogP contribution in [0.25, 0.3) is 55.0 Å². The number of nitrogens with zero attached hydrogens (tertiary/aromatic N) is 8. The average molecular weight is 1730 g/mol. The van der Waals surface area contributed by atoms with E-state index in [0.29, 0.717) is 36.1 Å². The first-order valence-electron chi connectivity index (χ1n) is 37.2. The molecule has 588 valence electrons. The van der Waals surface area contributed by atoms with Crippen molar-refractivity contribution in [2.24, 2.45) is 0 Å². The van der Waals surface area contributed by atoms with E-state index in [9.17, 15) is 19.2 Å². The van der Waals surface area contributed by atoms with Gasteiger partial charge in [-0.2, -0.15) is 0 Å². The molecule has 0 unspecified atom stereocenters. The molecule has 0 spiro atoms. The third-order valence-corrected chi connectivity index (χ3v) is 22.5. The van der Waals surface area contributed by atoms with Crippen LogP contribution >= 0.6 is 77.2 Å². The number of benzene rings is 4. The van der Waals surface area contributed by atoms with Crippen LogP contribution in [0.5, 0.6) is 0 Å². The number of rotatable bonds is 32. The van der Waals surface area contributed by atoms with Gasteiger partial charge in [0.25, 0.3) is 0 Å². The van der Waals surface area contributed by atoms with Crippen molar-refractivity contribution < 1.29 is 39.6 Å². The lowest BCUT2D eigenvalue weighted by Crippen LogP contribution is -2.07. The minimum absolute atomic E-state index is 0.0185. The first kappa shape index (κ1) is 87.0. The van der Waals surface area contributed by atoms with Gasteiger partial charge >= 0.3 is 23.9 Å². The summed E-state index contributed by atoms with van der Waals surface area (Å²) >= 11 is 13.4. The van der Waals surface area contributed by atoms with Crippen molar-refractivity contribution in [3.05, 3.63) is 268 Å². The maximum atomic E-state index is 11.0. The number of aliphatic carboxylic acids is 2. The van der Waals surface area contributed by atoms with Crippen LogP contribution in [0.15, 0.2) is 189 Å². The Morgan fingerprint density at radius 2 is 0.754 bits per heavy atom. The number of carbonyl (C=O) groups is 4. The van der Waals surface area contributed by atoms with Crippen LogP contribution in [-0.4, -0.2) is 84.2 Å². The topological polar surface area (TPSA) is 300 Å². The number of allylic oxidation sites excluding steroid dienone is 4. The summed E-state index contributed by atoms with van der Waals surface area (Å²) in [5.74, 6) is 2.21. The average Bonchev–Trinajstić information content (AvgIpc) is 1.37. The Bertz CT molecular complexity index is 5370. The Kier molecular flexibility index (Phi) is 33.0. The van der Waals surface area contributed by atoms with Gasteiger partial charge in [-0.25, -0.2) is 49.5 Å². The lowest BCUT2D eigenvalue weighted by Gasteiger charge is -2.15. The van der Waals surface area contributed by atoms with Gasteiger partial charge in [0.1, 0.15) is 23.3 Å². The quantitative estimate of drug-likeness (QED) is 0.0182. The van der Waals surface area contributed by atoms with Gasteiger partial charge in [-0.1, -0.05) is 115 Å². The molecule has 12 aromatic rings. The van der Waals surface area contributed by atoms with Crippen LogP contribution in [0.2, 0.25) is 0 Å². The number of unbranched alkanes of at least 4 members (excludes halogenated alkanes) is 2. The molecule has 8 N–H and O–H groups in total. The molecule has 8 aromatic heterocycles.